The molecule has 0 aromatic carbocycles. The van der Waals surface area contributed by atoms with Crippen molar-refractivity contribution in [2.75, 3.05) is 13.2 Å². The number of nitrogens with zero attached hydrogens (tertiary/aromatic N) is 3. The van der Waals surface area contributed by atoms with Crippen molar-refractivity contribution in [3.63, 3.8) is 0 Å². The predicted octanol–water partition coefficient (Wildman–Crippen LogP) is 5.45. The Morgan fingerprint density at radius 2 is 1.63 bits per heavy atom. The molecule has 2 aromatic rings. The van der Waals surface area contributed by atoms with Gasteiger partial charge in [0.15, 0.2) is 0 Å². The van der Waals surface area contributed by atoms with E-state index < -0.39 is 23.8 Å². The Hall–Kier alpha value is -3.21. The van der Waals surface area contributed by atoms with Gasteiger partial charge in [0.1, 0.15) is 27.5 Å². The molecule has 10 nitrogen and oxygen atoms in total. The first kappa shape index (κ1) is 31.0. The highest BCUT2D eigenvalue weighted by Crippen LogP contribution is 2.34. The lowest BCUT2D eigenvalue weighted by Gasteiger charge is -2.26. The van der Waals surface area contributed by atoms with Gasteiger partial charge in [0.2, 0.25) is 0 Å². The number of aliphatic carboxylic acids is 1. The molecule has 2 saturated heterocycles. The maximum Gasteiger partial charge on any atom is 0.490 e. The number of hydrogen-bond acceptors (Lipinski definition) is 10. The van der Waals surface area contributed by atoms with Crippen molar-refractivity contribution in [1.29, 1.82) is 10.5 Å². The zero-order valence-corrected chi connectivity index (χ0v) is 22.2. The van der Waals surface area contributed by atoms with Crippen LogP contribution in [-0.4, -0.2) is 47.2 Å². The summed E-state index contributed by atoms with van der Waals surface area (Å²) in [4.78, 5) is 32.7. The van der Waals surface area contributed by atoms with E-state index in [9.17, 15) is 18.0 Å². The molecular formula is C23H25F3N4O6S2. The van der Waals surface area contributed by atoms with E-state index in [2.05, 4.69) is 17.6 Å². The lowest BCUT2D eigenvalue weighted by atomic mass is 10.1. The Balaban J connectivity index is 0.000000227. The number of hydroxylamine groups is 3. The van der Waals surface area contributed by atoms with E-state index in [1.165, 1.54) is 27.7 Å². The molecular weight excluding hydrogens is 549 g/mol. The summed E-state index contributed by atoms with van der Waals surface area (Å²) in [7, 11) is 0. The number of thiophene rings is 2. The summed E-state index contributed by atoms with van der Waals surface area (Å²) < 4.78 is 37.0. The van der Waals surface area contributed by atoms with Crippen LogP contribution in [-0.2, 0) is 19.2 Å². The van der Waals surface area contributed by atoms with Crippen molar-refractivity contribution in [3.8, 4) is 12.1 Å². The van der Waals surface area contributed by atoms with E-state index in [1.54, 1.807) is 6.07 Å². The van der Waals surface area contributed by atoms with Gasteiger partial charge in [-0.2, -0.15) is 34.2 Å². The molecule has 0 unspecified atom stereocenters. The number of nitrogens with one attached hydrogen (secondary N) is 1. The Labute approximate surface area is 224 Å². The summed E-state index contributed by atoms with van der Waals surface area (Å²) in [5.41, 5.74) is 4.43. The zero-order chi connectivity index (χ0) is 28.5. The molecule has 206 valence electrons. The Morgan fingerprint density at radius 3 is 2.08 bits per heavy atom. The highest BCUT2D eigenvalue weighted by atomic mass is 32.1. The standard InChI is InChI=1S/C13H16N2O3S.C8H8N2OS.C2HF3O2/c1-13(2,3)18-12(16)15-11(4-5-17-15)9-6-10(7-14)19-8-9;9-4-7-3-6(5-12-7)8-1-2-11-10-8;3-2(4,5)1(6)7/h6,8,11H,4-5H2,1-3H3;3,5,8,10H,1-2H2;(H,6,7)/t11-;8-;/m00./s1. The van der Waals surface area contributed by atoms with Gasteiger partial charge in [0.05, 0.1) is 25.3 Å². The number of carboxylic acid groups (broad SMARTS) is 1. The minimum atomic E-state index is -5.08. The number of ether oxygens (including phenoxy) is 1. The number of carbonyl (C=O) groups excluding carboxylic acids is 1. The van der Waals surface area contributed by atoms with Crippen molar-refractivity contribution >= 4 is 34.7 Å². The maximum absolute atomic E-state index is 12.0. The number of carboxylic acids is 1. The first-order valence-corrected chi connectivity index (χ1v) is 12.8. The second-order valence-corrected chi connectivity index (χ2v) is 10.6. The SMILES string of the molecule is CC(C)(C)OC(=O)N1OCC[C@H]1c1csc(C#N)c1.N#Cc1cc([C@@H]2CCON2)cs1.O=C(O)C(F)(F)F. The van der Waals surface area contributed by atoms with E-state index in [-0.39, 0.29) is 12.1 Å². The van der Waals surface area contributed by atoms with Crippen molar-refractivity contribution < 1.29 is 42.3 Å². The number of halogens is 3. The van der Waals surface area contributed by atoms with Crippen molar-refractivity contribution in [2.45, 2.75) is 57.5 Å². The number of amides is 1. The molecule has 2 aromatic heterocycles. The molecule has 1 amide bonds. The van der Waals surface area contributed by atoms with Crippen LogP contribution >= 0.6 is 22.7 Å². The lowest BCUT2D eigenvalue weighted by molar-refractivity contribution is -0.192. The minimum absolute atomic E-state index is 0.173. The molecule has 0 spiro atoms. The van der Waals surface area contributed by atoms with Crippen LogP contribution in [0.3, 0.4) is 0 Å². The average molecular weight is 575 g/mol. The van der Waals surface area contributed by atoms with Crippen LogP contribution < -0.4 is 5.48 Å². The fourth-order valence-corrected chi connectivity index (χ4v) is 4.56. The Bertz CT molecular complexity index is 1170. The molecule has 2 N–H and O–H groups in total. The summed E-state index contributed by atoms with van der Waals surface area (Å²) in [5.74, 6) is -2.76. The average Bonchev–Trinajstić information content (AvgIpc) is 3.63. The third-order valence-electron chi connectivity index (χ3n) is 4.70. The normalized spacial score (nSPS) is 18.8. The van der Waals surface area contributed by atoms with Crippen LogP contribution in [0.5, 0.6) is 0 Å². The predicted molar refractivity (Wildman–Crippen MR) is 130 cm³/mol. The second-order valence-electron chi connectivity index (χ2n) is 8.77. The van der Waals surface area contributed by atoms with Gasteiger partial charge in [-0.1, -0.05) is 0 Å². The van der Waals surface area contributed by atoms with Gasteiger partial charge < -0.3 is 14.7 Å². The van der Waals surface area contributed by atoms with Crippen molar-refractivity contribution in [1.82, 2.24) is 10.5 Å². The molecule has 15 heteroatoms. The molecule has 0 radical (unpaired) electrons. The minimum Gasteiger partial charge on any atom is -0.475 e. The fraction of sp³-hybridized carbons (Fsp3) is 0.478. The molecule has 4 rings (SSSR count). The van der Waals surface area contributed by atoms with Gasteiger partial charge in [-0.05, 0) is 61.2 Å². The van der Waals surface area contributed by atoms with Crippen LogP contribution in [0.4, 0.5) is 18.0 Å². The highest BCUT2D eigenvalue weighted by molar-refractivity contribution is 7.10. The van der Waals surface area contributed by atoms with Crippen LogP contribution in [0, 0.1) is 22.7 Å². The van der Waals surface area contributed by atoms with Crippen LogP contribution in [0.15, 0.2) is 22.9 Å². The molecule has 0 aliphatic carbocycles. The summed E-state index contributed by atoms with van der Waals surface area (Å²) in [6.07, 6.45) is -3.87. The topological polar surface area (TPSA) is 145 Å². The second kappa shape index (κ2) is 13.5. The summed E-state index contributed by atoms with van der Waals surface area (Å²) >= 11 is 2.85. The fourth-order valence-electron chi connectivity index (χ4n) is 3.07. The van der Waals surface area contributed by atoms with Gasteiger partial charge in [-0.3, -0.25) is 4.84 Å². The van der Waals surface area contributed by atoms with Crippen LogP contribution in [0.1, 0.15) is 66.6 Å². The Morgan fingerprint density at radius 1 is 1.08 bits per heavy atom. The van der Waals surface area contributed by atoms with Gasteiger partial charge in [-0.25, -0.2) is 9.59 Å². The molecule has 2 atom stereocenters. The summed E-state index contributed by atoms with van der Waals surface area (Å²) in [5, 5.41) is 29.7. The number of nitriles is 2. The number of carbonyl (C=O) groups is 2. The van der Waals surface area contributed by atoms with E-state index in [0.29, 0.717) is 17.9 Å². The third kappa shape index (κ3) is 9.59. The van der Waals surface area contributed by atoms with Gasteiger partial charge in [0.25, 0.3) is 0 Å². The highest BCUT2D eigenvalue weighted by Gasteiger charge is 2.38. The lowest BCUT2D eigenvalue weighted by Crippen LogP contribution is -2.35. The van der Waals surface area contributed by atoms with Crippen molar-refractivity contribution in [2.24, 2.45) is 0 Å². The Kier molecular flexibility index (Phi) is 11.1. The molecule has 38 heavy (non-hydrogen) atoms. The first-order valence-electron chi connectivity index (χ1n) is 11.0. The smallest absolute Gasteiger partial charge is 0.475 e. The maximum atomic E-state index is 12.0. The summed E-state index contributed by atoms with van der Waals surface area (Å²) in [6, 6.07) is 8.03. The van der Waals surface area contributed by atoms with E-state index in [1.807, 2.05) is 37.6 Å². The number of alkyl halides is 3. The number of hydrogen-bond donors (Lipinski definition) is 2. The van der Waals surface area contributed by atoms with Crippen molar-refractivity contribution in [3.05, 3.63) is 43.8 Å². The number of rotatable bonds is 2. The molecule has 2 aliphatic heterocycles. The van der Waals surface area contributed by atoms with Crippen LogP contribution in [0.2, 0.25) is 0 Å². The van der Waals surface area contributed by atoms with Gasteiger partial charge in [-0.15, -0.1) is 22.7 Å². The van der Waals surface area contributed by atoms with Gasteiger partial charge >= 0.3 is 18.2 Å². The van der Waals surface area contributed by atoms with Crippen LogP contribution in [0.25, 0.3) is 0 Å². The van der Waals surface area contributed by atoms with E-state index in [4.69, 9.17) is 34.8 Å². The zero-order valence-electron chi connectivity index (χ0n) is 20.6. The molecule has 0 saturated carbocycles. The third-order valence-corrected chi connectivity index (χ3v) is 6.41. The first-order chi connectivity index (χ1) is 17.7. The molecule has 0 bridgehead atoms. The van der Waals surface area contributed by atoms with Gasteiger partial charge in [0, 0.05) is 6.42 Å². The quantitative estimate of drug-likeness (QED) is 0.478. The molecule has 2 aliphatic rings. The molecule has 2 fully saturated rings. The van der Waals surface area contributed by atoms with E-state index >= 15 is 0 Å². The molecule has 4 heterocycles. The van der Waals surface area contributed by atoms with E-state index in [0.717, 1.165) is 29.0 Å². The monoisotopic (exact) mass is 574 g/mol. The largest absolute Gasteiger partial charge is 0.490 e. The summed E-state index contributed by atoms with van der Waals surface area (Å²) in [6.45, 7) is 6.67.